The van der Waals surface area contributed by atoms with Gasteiger partial charge in [-0.3, -0.25) is 9.59 Å². The van der Waals surface area contributed by atoms with Gasteiger partial charge in [-0.2, -0.15) is 0 Å². The van der Waals surface area contributed by atoms with E-state index in [1.807, 2.05) is 30.3 Å². The normalized spacial score (nSPS) is 18.0. The van der Waals surface area contributed by atoms with Crippen molar-refractivity contribution in [2.24, 2.45) is 5.41 Å². The van der Waals surface area contributed by atoms with Gasteiger partial charge in [-0.05, 0) is 38.8 Å². The lowest BCUT2D eigenvalue weighted by atomic mass is 9.90. The first-order chi connectivity index (χ1) is 10.4. The van der Waals surface area contributed by atoms with Gasteiger partial charge in [0, 0.05) is 25.9 Å². The fraction of sp³-hybridized carbons (Fsp3) is 0.529. The first kappa shape index (κ1) is 16.5. The molecular formula is C17H24N2O3. The number of hydrogen-bond acceptors (Lipinski definition) is 3. The van der Waals surface area contributed by atoms with Crippen molar-refractivity contribution < 1.29 is 14.3 Å². The Morgan fingerprint density at radius 2 is 2.00 bits per heavy atom. The minimum atomic E-state index is -1.12. The Morgan fingerprint density at radius 1 is 1.32 bits per heavy atom. The van der Waals surface area contributed by atoms with Crippen LogP contribution in [0.15, 0.2) is 30.3 Å². The van der Waals surface area contributed by atoms with Crippen LogP contribution in [0.4, 0.5) is 5.69 Å². The molecule has 0 bridgehead atoms. The highest BCUT2D eigenvalue weighted by Crippen LogP contribution is 2.23. The SMILES string of the molecule is CN(C(=O)C(C)(C)C(=O)NCC1CCCO1)c1ccccc1. The van der Waals surface area contributed by atoms with Crippen LogP contribution < -0.4 is 10.2 Å². The Hall–Kier alpha value is -1.88. The number of nitrogens with zero attached hydrogens (tertiary/aromatic N) is 1. The third kappa shape index (κ3) is 3.65. The van der Waals surface area contributed by atoms with Crippen molar-refractivity contribution >= 4 is 17.5 Å². The molecule has 1 atom stereocenters. The monoisotopic (exact) mass is 304 g/mol. The van der Waals surface area contributed by atoms with Crippen molar-refractivity contribution in [2.45, 2.75) is 32.8 Å². The van der Waals surface area contributed by atoms with E-state index in [-0.39, 0.29) is 17.9 Å². The summed E-state index contributed by atoms with van der Waals surface area (Å²) in [5, 5.41) is 2.84. The third-order valence-electron chi connectivity index (χ3n) is 4.06. The second-order valence-electron chi connectivity index (χ2n) is 6.17. The molecule has 5 heteroatoms. The Bertz CT molecular complexity index is 522. The molecule has 0 radical (unpaired) electrons. The van der Waals surface area contributed by atoms with E-state index in [1.54, 1.807) is 20.9 Å². The zero-order chi connectivity index (χ0) is 16.2. The van der Waals surface area contributed by atoms with Crippen LogP contribution in [0.2, 0.25) is 0 Å². The molecule has 1 unspecified atom stereocenters. The molecule has 1 aromatic carbocycles. The van der Waals surface area contributed by atoms with E-state index >= 15 is 0 Å². The van der Waals surface area contributed by atoms with E-state index in [1.165, 1.54) is 4.90 Å². The molecule has 2 rings (SSSR count). The number of para-hydroxylation sites is 1. The maximum atomic E-state index is 12.6. The summed E-state index contributed by atoms with van der Waals surface area (Å²) in [4.78, 5) is 26.5. The molecule has 1 aromatic rings. The maximum absolute atomic E-state index is 12.6. The number of amides is 2. The van der Waals surface area contributed by atoms with Crippen LogP contribution in [0.25, 0.3) is 0 Å². The van der Waals surface area contributed by atoms with Crippen molar-refractivity contribution in [3.05, 3.63) is 30.3 Å². The molecule has 120 valence electrons. The van der Waals surface area contributed by atoms with Crippen LogP contribution in [-0.2, 0) is 14.3 Å². The molecule has 0 spiro atoms. The zero-order valence-corrected chi connectivity index (χ0v) is 13.5. The average Bonchev–Trinajstić information content (AvgIpc) is 3.05. The summed E-state index contributed by atoms with van der Waals surface area (Å²) < 4.78 is 5.48. The number of anilines is 1. The quantitative estimate of drug-likeness (QED) is 0.846. The lowest BCUT2D eigenvalue weighted by Gasteiger charge is -2.28. The predicted molar refractivity (Wildman–Crippen MR) is 85.6 cm³/mol. The molecule has 0 aliphatic carbocycles. The van der Waals surface area contributed by atoms with Gasteiger partial charge in [-0.25, -0.2) is 0 Å². The van der Waals surface area contributed by atoms with Crippen molar-refractivity contribution in [1.29, 1.82) is 0 Å². The third-order valence-corrected chi connectivity index (χ3v) is 4.06. The molecule has 0 aromatic heterocycles. The molecule has 1 fully saturated rings. The van der Waals surface area contributed by atoms with Gasteiger partial charge in [0.05, 0.1) is 6.10 Å². The van der Waals surface area contributed by atoms with Crippen molar-refractivity contribution in [3.63, 3.8) is 0 Å². The van der Waals surface area contributed by atoms with E-state index in [4.69, 9.17) is 4.74 Å². The smallest absolute Gasteiger partial charge is 0.241 e. The van der Waals surface area contributed by atoms with Crippen LogP contribution in [0.1, 0.15) is 26.7 Å². The second kappa shape index (κ2) is 6.92. The zero-order valence-electron chi connectivity index (χ0n) is 13.5. The first-order valence-electron chi connectivity index (χ1n) is 7.66. The summed E-state index contributed by atoms with van der Waals surface area (Å²) in [6.07, 6.45) is 2.06. The number of rotatable bonds is 5. The minimum Gasteiger partial charge on any atom is -0.376 e. The number of benzene rings is 1. The molecule has 2 amide bonds. The van der Waals surface area contributed by atoms with E-state index in [9.17, 15) is 9.59 Å². The number of hydrogen-bond donors (Lipinski definition) is 1. The molecule has 1 N–H and O–H groups in total. The number of nitrogens with one attached hydrogen (secondary N) is 1. The van der Waals surface area contributed by atoms with Crippen LogP contribution in [0.5, 0.6) is 0 Å². The second-order valence-corrected chi connectivity index (χ2v) is 6.17. The van der Waals surface area contributed by atoms with E-state index < -0.39 is 5.41 Å². The lowest BCUT2D eigenvalue weighted by Crippen LogP contribution is -2.49. The number of ether oxygens (including phenoxy) is 1. The minimum absolute atomic E-state index is 0.0710. The van der Waals surface area contributed by atoms with E-state index in [0.29, 0.717) is 6.54 Å². The van der Waals surface area contributed by atoms with E-state index in [2.05, 4.69) is 5.32 Å². The van der Waals surface area contributed by atoms with Gasteiger partial charge >= 0.3 is 0 Å². The van der Waals surface area contributed by atoms with Crippen LogP contribution in [0.3, 0.4) is 0 Å². The molecule has 0 saturated carbocycles. The van der Waals surface area contributed by atoms with Crippen molar-refractivity contribution in [1.82, 2.24) is 5.32 Å². The molecule has 1 saturated heterocycles. The first-order valence-corrected chi connectivity index (χ1v) is 7.66. The summed E-state index contributed by atoms with van der Waals surface area (Å²) in [5.74, 6) is -0.501. The molecular weight excluding hydrogens is 280 g/mol. The summed E-state index contributed by atoms with van der Waals surface area (Å²) >= 11 is 0. The number of carbonyl (C=O) groups excluding carboxylic acids is 2. The van der Waals surface area contributed by atoms with Crippen LogP contribution in [-0.4, -0.2) is 38.1 Å². The Morgan fingerprint density at radius 3 is 2.59 bits per heavy atom. The van der Waals surface area contributed by atoms with Crippen LogP contribution >= 0.6 is 0 Å². The molecule has 5 nitrogen and oxygen atoms in total. The Balaban J connectivity index is 1.98. The van der Waals surface area contributed by atoms with Crippen molar-refractivity contribution in [3.8, 4) is 0 Å². The predicted octanol–water partition coefficient (Wildman–Crippen LogP) is 1.97. The molecule has 22 heavy (non-hydrogen) atoms. The highest BCUT2D eigenvalue weighted by atomic mass is 16.5. The van der Waals surface area contributed by atoms with Gasteiger partial charge < -0.3 is 15.0 Å². The lowest BCUT2D eigenvalue weighted by molar-refractivity contribution is -0.139. The molecule has 1 aliphatic rings. The van der Waals surface area contributed by atoms with Gasteiger partial charge in [-0.1, -0.05) is 18.2 Å². The fourth-order valence-corrected chi connectivity index (χ4v) is 2.52. The average molecular weight is 304 g/mol. The molecule has 1 heterocycles. The van der Waals surface area contributed by atoms with Gasteiger partial charge in [0.2, 0.25) is 11.8 Å². The van der Waals surface area contributed by atoms with Crippen molar-refractivity contribution in [2.75, 3.05) is 25.1 Å². The highest BCUT2D eigenvalue weighted by molar-refractivity contribution is 6.10. The largest absolute Gasteiger partial charge is 0.376 e. The summed E-state index contributed by atoms with van der Waals surface area (Å²) in [6, 6.07) is 9.31. The fourth-order valence-electron chi connectivity index (χ4n) is 2.52. The maximum Gasteiger partial charge on any atom is 0.241 e. The summed E-state index contributed by atoms with van der Waals surface area (Å²) in [5.41, 5.74) is -0.351. The summed E-state index contributed by atoms with van der Waals surface area (Å²) in [7, 11) is 1.69. The molecule has 1 aliphatic heterocycles. The van der Waals surface area contributed by atoms with Gasteiger partial charge in [0.15, 0.2) is 0 Å². The summed E-state index contributed by atoms with van der Waals surface area (Å²) in [6.45, 7) is 4.52. The van der Waals surface area contributed by atoms with Gasteiger partial charge in [0.25, 0.3) is 0 Å². The van der Waals surface area contributed by atoms with Crippen LogP contribution in [0, 0.1) is 5.41 Å². The highest BCUT2D eigenvalue weighted by Gasteiger charge is 2.38. The Kier molecular flexibility index (Phi) is 5.19. The van der Waals surface area contributed by atoms with Gasteiger partial charge in [0.1, 0.15) is 5.41 Å². The topological polar surface area (TPSA) is 58.6 Å². The van der Waals surface area contributed by atoms with Gasteiger partial charge in [-0.15, -0.1) is 0 Å². The van der Waals surface area contributed by atoms with E-state index in [0.717, 1.165) is 25.1 Å². The number of carbonyl (C=O) groups is 2. The Labute approximate surface area is 131 Å². The standard InChI is InChI=1S/C17H24N2O3/c1-17(2,15(20)18-12-14-10-7-11-22-14)16(21)19(3)13-8-5-4-6-9-13/h4-6,8-9,14H,7,10-12H2,1-3H3,(H,18,20).